The Labute approximate surface area is 160 Å². The van der Waals surface area contributed by atoms with Crippen molar-refractivity contribution >= 4 is 29.0 Å². The van der Waals surface area contributed by atoms with Crippen LogP contribution in [0.1, 0.15) is 25.3 Å². The van der Waals surface area contributed by atoms with Gasteiger partial charge in [0, 0.05) is 12.1 Å². The highest BCUT2D eigenvalue weighted by atomic mass is 35.5. The SMILES string of the molecule is CC(C)c1cc(Oc2c(Cl)c(F)nc(NCC(O)CO)c2Cl)ccc1O. The Bertz CT molecular complexity index is 790. The standard InChI is InChI=1S/C17H19Cl2FN2O4/c1-8(2)11-5-10(3-4-12(11)25)26-15-13(18)16(20)22-17(14(15)19)21-6-9(24)7-23/h3-5,8-9,23-25H,6-7H2,1-2H3,(H,21,22). The molecule has 0 aliphatic carbocycles. The third-order valence-electron chi connectivity index (χ3n) is 3.55. The molecule has 2 rings (SSSR count). The average Bonchev–Trinajstić information content (AvgIpc) is 2.61. The van der Waals surface area contributed by atoms with E-state index in [4.69, 9.17) is 33.0 Å². The first-order chi connectivity index (χ1) is 12.2. The van der Waals surface area contributed by atoms with E-state index in [1.165, 1.54) is 12.1 Å². The number of phenols is 1. The van der Waals surface area contributed by atoms with Crippen LogP contribution in [0.2, 0.25) is 10.0 Å². The summed E-state index contributed by atoms with van der Waals surface area (Å²) in [5.41, 5.74) is 0.647. The molecular formula is C17H19Cl2FN2O4. The zero-order chi connectivity index (χ0) is 19.4. The molecule has 2 aromatic rings. The predicted molar refractivity (Wildman–Crippen MR) is 98.1 cm³/mol. The fourth-order valence-electron chi connectivity index (χ4n) is 2.16. The second-order valence-corrected chi connectivity index (χ2v) is 6.66. The average molecular weight is 405 g/mol. The Hall–Kier alpha value is -1.80. The van der Waals surface area contributed by atoms with Gasteiger partial charge in [-0.1, -0.05) is 37.0 Å². The number of aliphatic hydroxyl groups is 2. The normalized spacial score (nSPS) is 12.3. The summed E-state index contributed by atoms with van der Waals surface area (Å²) in [6.45, 7) is 3.23. The second-order valence-electron chi connectivity index (χ2n) is 5.90. The number of rotatable bonds is 7. The first kappa shape index (κ1) is 20.5. The minimum atomic E-state index is -1.07. The number of aromatic nitrogens is 1. The molecule has 1 atom stereocenters. The number of anilines is 1. The van der Waals surface area contributed by atoms with Gasteiger partial charge in [0.1, 0.15) is 21.5 Å². The number of pyridine rings is 1. The Morgan fingerprint density at radius 2 is 1.96 bits per heavy atom. The van der Waals surface area contributed by atoms with Gasteiger partial charge in [-0.05, 0) is 24.1 Å². The number of benzene rings is 1. The summed E-state index contributed by atoms with van der Waals surface area (Å²) in [4.78, 5) is 3.59. The van der Waals surface area contributed by atoms with Crippen molar-refractivity contribution in [3.05, 3.63) is 39.8 Å². The lowest BCUT2D eigenvalue weighted by Crippen LogP contribution is -2.23. The summed E-state index contributed by atoms with van der Waals surface area (Å²) in [6.07, 6.45) is -1.07. The minimum absolute atomic E-state index is 0.0378. The molecule has 1 heterocycles. The molecule has 0 fully saturated rings. The Kier molecular flexibility index (Phi) is 6.88. The molecule has 0 aliphatic heterocycles. The van der Waals surface area contributed by atoms with Crippen molar-refractivity contribution in [2.75, 3.05) is 18.5 Å². The molecule has 0 spiro atoms. The number of nitrogens with zero attached hydrogens (tertiary/aromatic N) is 1. The summed E-state index contributed by atoms with van der Waals surface area (Å²) in [6, 6.07) is 4.56. The number of nitrogens with one attached hydrogen (secondary N) is 1. The lowest BCUT2D eigenvalue weighted by atomic mass is 10.0. The molecule has 0 bridgehead atoms. The zero-order valence-corrected chi connectivity index (χ0v) is 15.6. The van der Waals surface area contributed by atoms with Crippen LogP contribution < -0.4 is 10.1 Å². The van der Waals surface area contributed by atoms with Crippen molar-refractivity contribution in [1.82, 2.24) is 4.98 Å². The fraction of sp³-hybridized carbons (Fsp3) is 0.353. The van der Waals surface area contributed by atoms with Crippen LogP contribution in [0, 0.1) is 5.95 Å². The van der Waals surface area contributed by atoms with Crippen molar-refractivity contribution in [2.24, 2.45) is 0 Å². The predicted octanol–water partition coefficient (Wildman–Crippen LogP) is 3.91. The van der Waals surface area contributed by atoms with Gasteiger partial charge < -0.3 is 25.4 Å². The highest BCUT2D eigenvalue weighted by molar-refractivity contribution is 6.38. The van der Waals surface area contributed by atoms with Crippen molar-refractivity contribution < 1.29 is 24.4 Å². The highest BCUT2D eigenvalue weighted by Gasteiger charge is 2.21. The van der Waals surface area contributed by atoms with E-state index in [0.717, 1.165) is 0 Å². The monoisotopic (exact) mass is 404 g/mol. The first-order valence-electron chi connectivity index (χ1n) is 7.82. The second kappa shape index (κ2) is 8.73. The smallest absolute Gasteiger partial charge is 0.237 e. The van der Waals surface area contributed by atoms with Crippen molar-refractivity contribution in [2.45, 2.75) is 25.9 Å². The first-order valence-corrected chi connectivity index (χ1v) is 8.58. The van der Waals surface area contributed by atoms with Crippen LogP contribution in [0.5, 0.6) is 17.2 Å². The number of phenolic OH excluding ortho intramolecular Hbond substituents is 1. The maximum Gasteiger partial charge on any atom is 0.237 e. The number of halogens is 3. The van der Waals surface area contributed by atoms with E-state index in [1.54, 1.807) is 6.07 Å². The zero-order valence-electron chi connectivity index (χ0n) is 14.1. The van der Waals surface area contributed by atoms with Gasteiger partial charge in [0.05, 0.1) is 12.7 Å². The van der Waals surface area contributed by atoms with E-state index in [2.05, 4.69) is 10.3 Å². The third kappa shape index (κ3) is 4.67. The molecule has 9 heteroatoms. The van der Waals surface area contributed by atoms with Crippen LogP contribution in [0.4, 0.5) is 10.2 Å². The van der Waals surface area contributed by atoms with E-state index < -0.39 is 23.7 Å². The van der Waals surface area contributed by atoms with E-state index >= 15 is 0 Å². The van der Waals surface area contributed by atoms with Gasteiger partial charge in [-0.3, -0.25) is 0 Å². The van der Waals surface area contributed by atoms with Gasteiger partial charge in [-0.2, -0.15) is 9.37 Å². The number of hydrogen-bond acceptors (Lipinski definition) is 6. The van der Waals surface area contributed by atoms with Crippen LogP contribution in [0.25, 0.3) is 0 Å². The van der Waals surface area contributed by atoms with Crippen molar-refractivity contribution in [1.29, 1.82) is 0 Å². The van der Waals surface area contributed by atoms with Crippen LogP contribution >= 0.6 is 23.2 Å². The lowest BCUT2D eigenvalue weighted by Gasteiger charge is -2.16. The highest BCUT2D eigenvalue weighted by Crippen LogP contribution is 2.42. The van der Waals surface area contributed by atoms with Crippen LogP contribution in [0.3, 0.4) is 0 Å². The van der Waals surface area contributed by atoms with Crippen LogP contribution in [-0.4, -0.2) is 39.6 Å². The molecule has 142 valence electrons. The molecule has 6 nitrogen and oxygen atoms in total. The number of aliphatic hydroxyl groups excluding tert-OH is 2. The van der Waals surface area contributed by atoms with Gasteiger partial charge >= 0.3 is 0 Å². The Morgan fingerprint density at radius 1 is 1.27 bits per heavy atom. The van der Waals surface area contributed by atoms with Gasteiger partial charge in [-0.15, -0.1) is 0 Å². The molecule has 0 aliphatic rings. The number of aromatic hydroxyl groups is 1. The number of ether oxygens (including phenoxy) is 1. The van der Waals surface area contributed by atoms with Gasteiger partial charge in [0.15, 0.2) is 11.6 Å². The lowest BCUT2D eigenvalue weighted by molar-refractivity contribution is 0.105. The maximum absolute atomic E-state index is 14.0. The molecular weight excluding hydrogens is 386 g/mol. The molecule has 0 saturated heterocycles. The summed E-state index contributed by atoms with van der Waals surface area (Å²) < 4.78 is 19.7. The summed E-state index contributed by atoms with van der Waals surface area (Å²) >= 11 is 12.1. The van der Waals surface area contributed by atoms with E-state index in [9.17, 15) is 14.6 Å². The summed E-state index contributed by atoms with van der Waals surface area (Å²) in [5.74, 6) is -0.778. The largest absolute Gasteiger partial charge is 0.508 e. The molecule has 0 saturated carbocycles. The topological polar surface area (TPSA) is 94.8 Å². The molecule has 4 N–H and O–H groups in total. The Morgan fingerprint density at radius 3 is 2.58 bits per heavy atom. The van der Waals surface area contributed by atoms with Crippen LogP contribution in [0.15, 0.2) is 18.2 Å². The van der Waals surface area contributed by atoms with Gasteiger partial charge in [0.25, 0.3) is 0 Å². The molecule has 1 unspecified atom stereocenters. The minimum Gasteiger partial charge on any atom is -0.508 e. The fourth-order valence-corrected chi connectivity index (χ4v) is 2.62. The summed E-state index contributed by atoms with van der Waals surface area (Å²) in [7, 11) is 0. The quantitative estimate of drug-likeness (QED) is 0.522. The van der Waals surface area contributed by atoms with Crippen LogP contribution in [-0.2, 0) is 0 Å². The molecule has 0 radical (unpaired) electrons. The Balaban J connectivity index is 2.37. The van der Waals surface area contributed by atoms with E-state index in [1.807, 2.05) is 13.8 Å². The molecule has 1 aromatic carbocycles. The van der Waals surface area contributed by atoms with E-state index in [-0.39, 0.29) is 34.8 Å². The van der Waals surface area contributed by atoms with E-state index in [0.29, 0.717) is 11.3 Å². The molecule has 26 heavy (non-hydrogen) atoms. The molecule has 1 aromatic heterocycles. The summed E-state index contributed by atoms with van der Waals surface area (Å²) in [5, 5.41) is 30.3. The third-order valence-corrected chi connectivity index (χ3v) is 4.23. The van der Waals surface area contributed by atoms with Gasteiger partial charge in [0.2, 0.25) is 5.95 Å². The van der Waals surface area contributed by atoms with Gasteiger partial charge in [-0.25, -0.2) is 0 Å². The maximum atomic E-state index is 14.0. The number of hydrogen-bond donors (Lipinski definition) is 4. The van der Waals surface area contributed by atoms with Crippen molar-refractivity contribution in [3.63, 3.8) is 0 Å². The molecule has 0 amide bonds. The van der Waals surface area contributed by atoms with Crippen molar-refractivity contribution in [3.8, 4) is 17.2 Å².